The molecule has 0 unspecified atom stereocenters. The first-order valence-electron chi connectivity index (χ1n) is 9.27. The number of hydrogen-bond donors (Lipinski definition) is 1. The van der Waals surface area contributed by atoms with Crippen LogP contribution in [-0.4, -0.2) is 44.6 Å². The molecule has 0 aliphatic heterocycles. The van der Waals surface area contributed by atoms with Crippen LogP contribution in [0.2, 0.25) is 0 Å². The van der Waals surface area contributed by atoms with Crippen LogP contribution in [0, 0.1) is 13.8 Å². The Labute approximate surface area is 167 Å². The Hall–Kier alpha value is -2.09. The Morgan fingerprint density at radius 2 is 1.29 bits per heavy atom. The molecule has 0 aliphatic carbocycles. The Balaban J connectivity index is 1.84. The molecule has 0 spiro atoms. The van der Waals surface area contributed by atoms with Crippen molar-refractivity contribution in [2.45, 2.75) is 32.8 Å². The molecule has 7 heteroatoms. The van der Waals surface area contributed by atoms with E-state index in [0.717, 1.165) is 22.6 Å². The van der Waals surface area contributed by atoms with Gasteiger partial charge in [0.2, 0.25) is 0 Å². The van der Waals surface area contributed by atoms with Crippen LogP contribution in [0.15, 0.2) is 48.5 Å². The predicted octanol–water partition coefficient (Wildman–Crippen LogP) is 3.81. The lowest BCUT2D eigenvalue weighted by molar-refractivity contribution is -0.00832. The molecule has 6 nitrogen and oxygen atoms in total. The molecule has 0 saturated carbocycles. The predicted molar refractivity (Wildman–Crippen MR) is 109 cm³/mol. The maximum Gasteiger partial charge on any atom is 0.264 e. The van der Waals surface area contributed by atoms with E-state index < -0.39 is 10.1 Å². The minimum absolute atomic E-state index is 0.263. The Morgan fingerprint density at radius 1 is 0.821 bits per heavy atom. The highest BCUT2D eigenvalue weighted by atomic mass is 32.2. The van der Waals surface area contributed by atoms with E-state index in [-0.39, 0.29) is 11.9 Å². The molecular formula is C21H28O6S. The number of aryl methyl sites for hydroxylation is 2. The minimum atomic E-state index is -3.93. The van der Waals surface area contributed by atoms with Gasteiger partial charge in [-0.05, 0) is 51.0 Å². The van der Waals surface area contributed by atoms with Crippen molar-refractivity contribution in [3.8, 4) is 11.5 Å². The van der Waals surface area contributed by atoms with Gasteiger partial charge in [0.25, 0.3) is 10.1 Å². The molecule has 0 aliphatic rings. The number of unbranched alkanes of at least 4 members (excludes halogenated alkanes) is 1. The summed E-state index contributed by atoms with van der Waals surface area (Å²) in [5.74, 6) is 1.24. The van der Waals surface area contributed by atoms with E-state index in [1.807, 2.05) is 62.4 Å². The second kappa shape index (κ2) is 11.0. The van der Waals surface area contributed by atoms with Crippen LogP contribution in [0.5, 0.6) is 11.5 Å². The third-order valence-corrected chi connectivity index (χ3v) is 4.87. The van der Waals surface area contributed by atoms with Crippen LogP contribution < -0.4 is 9.47 Å². The first kappa shape index (κ1) is 22.2. The summed E-state index contributed by atoms with van der Waals surface area (Å²) in [7, 11) is -3.93. The molecule has 0 saturated heterocycles. The van der Waals surface area contributed by atoms with Crippen molar-refractivity contribution in [2.75, 3.05) is 25.6 Å². The van der Waals surface area contributed by atoms with Crippen molar-refractivity contribution in [1.29, 1.82) is 0 Å². The first-order chi connectivity index (χ1) is 13.3. The number of rotatable bonds is 12. The topological polar surface area (TPSA) is 82.1 Å². The molecule has 2 aromatic rings. The van der Waals surface area contributed by atoms with Gasteiger partial charge in [-0.2, -0.15) is 8.42 Å². The van der Waals surface area contributed by atoms with Gasteiger partial charge in [-0.25, -0.2) is 0 Å². The van der Waals surface area contributed by atoms with Crippen LogP contribution >= 0.6 is 0 Å². The smallest absolute Gasteiger partial charge is 0.264 e. The fourth-order valence-corrected chi connectivity index (χ4v) is 3.00. The zero-order valence-electron chi connectivity index (χ0n) is 16.3. The molecule has 154 valence electrons. The quantitative estimate of drug-likeness (QED) is 0.425. The summed E-state index contributed by atoms with van der Waals surface area (Å²) in [6.07, 6.45) is 0.544. The second-order valence-corrected chi connectivity index (χ2v) is 8.31. The molecule has 0 bridgehead atoms. The van der Waals surface area contributed by atoms with Gasteiger partial charge in [-0.3, -0.25) is 4.55 Å². The fraction of sp³-hybridized carbons (Fsp3) is 0.429. The molecule has 0 aromatic heterocycles. The summed E-state index contributed by atoms with van der Waals surface area (Å²) < 4.78 is 47.7. The number of ether oxygens (including phenoxy) is 3. The molecule has 2 rings (SSSR count). The van der Waals surface area contributed by atoms with Gasteiger partial charge in [0.05, 0.1) is 5.75 Å². The standard InChI is InChI=1S/C21H28O6S/c1-17-5-9-19(10-6-17)26-15-21(25-13-3-4-14-28(22,23)24)16-27-20-11-7-18(2)8-12-20/h5-12,21H,3-4,13-16H2,1-2H3,(H,22,23,24). The lowest BCUT2D eigenvalue weighted by atomic mass is 10.2. The van der Waals surface area contributed by atoms with Gasteiger partial charge in [-0.15, -0.1) is 0 Å². The van der Waals surface area contributed by atoms with E-state index in [1.54, 1.807) is 0 Å². The van der Waals surface area contributed by atoms with E-state index in [9.17, 15) is 8.42 Å². The first-order valence-corrected chi connectivity index (χ1v) is 10.9. The highest BCUT2D eigenvalue weighted by Gasteiger charge is 2.13. The van der Waals surface area contributed by atoms with Crippen molar-refractivity contribution >= 4 is 10.1 Å². The van der Waals surface area contributed by atoms with Crippen LogP contribution in [0.1, 0.15) is 24.0 Å². The molecule has 0 fully saturated rings. The molecule has 0 atom stereocenters. The maximum atomic E-state index is 10.8. The van der Waals surface area contributed by atoms with Crippen LogP contribution in [0.4, 0.5) is 0 Å². The van der Waals surface area contributed by atoms with Gasteiger partial charge in [0, 0.05) is 6.61 Å². The normalized spacial score (nSPS) is 11.6. The van der Waals surface area contributed by atoms with E-state index in [4.69, 9.17) is 18.8 Å². The van der Waals surface area contributed by atoms with E-state index in [2.05, 4.69) is 0 Å². The second-order valence-electron chi connectivity index (χ2n) is 6.73. The van der Waals surface area contributed by atoms with Crippen molar-refractivity contribution < 1.29 is 27.2 Å². The summed E-state index contributed by atoms with van der Waals surface area (Å²) in [5, 5.41) is 0. The van der Waals surface area contributed by atoms with Crippen LogP contribution in [0.3, 0.4) is 0 Å². The van der Waals surface area contributed by atoms with Gasteiger partial charge >= 0.3 is 0 Å². The number of hydrogen-bond acceptors (Lipinski definition) is 5. The zero-order chi connectivity index (χ0) is 20.4. The summed E-state index contributed by atoms with van der Waals surface area (Å²) >= 11 is 0. The average molecular weight is 409 g/mol. The SMILES string of the molecule is Cc1ccc(OCC(COc2ccc(C)cc2)OCCCCS(=O)(=O)O)cc1. The van der Waals surface area contributed by atoms with E-state index in [0.29, 0.717) is 32.7 Å². The lowest BCUT2D eigenvalue weighted by Crippen LogP contribution is -2.29. The van der Waals surface area contributed by atoms with Crippen LogP contribution in [0.25, 0.3) is 0 Å². The minimum Gasteiger partial charge on any atom is -0.491 e. The van der Waals surface area contributed by atoms with Gasteiger partial charge in [0.1, 0.15) is 30.8 Å². The van der Waals surface area contributed by atoms with Gasteiger partial charge < -0.3 is 14.2 Å². The van der Waals surface area contributed by atoms with Crippen molar-refractivity contribution in [2.24, 2.45) is 0 Å². The Morgan fingerprint density at radius 3 is 1.71 bits per heavy atom. The van der Waals surface area contributed by atoms with Crippen molar-refractivity contribution in [1.82, 2.24) is 0 Å². The van der Waals surface area contributed by atoms with Crippen molar-refractivity contribution in [3.05, 3.63) is 59.7 Å². The highest BCUT2D eigenvalue weighted by Crippen LogP contribution is 2.15. The Bertz CT molecular complexity index is 750. The summed E-state index contributed by atoms with van der Waals surface area (Å²) in [5.41, 5.74) is 2.31. The van der Waals surface area contributed by atoms with Crippen molar-refractivity contribution in [3.63, 3.8) is 0 Å². The largest absolute Gasteiger partial charge is 0.491 e. The Kier molecular flexibility index (Phi) is 8.76. The molecule has 0 heterocycles. The molecule has 0 radical (unpaired) electrons. The van der Waals surface area contributed by atoms with Gasteiger partial charge in [-0.1, -0.05) is 35.4 Å². The van der Waals surface area contributed by atoms with E-state index in [1.165, 1.54) is 0 Å². The molecule has 2 aromatic carbocycles. The maximum absolute atomic E-state index is 10.8. The molecule has 0 amide bonds. The average Bonchev–Trinajstić information content (AvgIpc) is 2.65. The fourth-order valence-electron chi connectivity index (χ4n) is 2.43. The third-order valence-electron chi connectivity index (χ3n) is 4.06. The number of benzene rings is 2. The summed E-state index contributed by atoms with van der Waals surface area (Å²) in [6.45, 7) is 5.00. The molecular weight excluding hydrogens is 380 g/mol. The zero-order valence-corrected chi connectivity index (χ0v) is 17.2. The molecule has 28 heavy (non-hydrogen) atoms. The summed E-state index contributed by atoms with van der Waals surface area (Å²) in [4.78, 5) is 0. The third kappa shape index (κ3) is 9.21. The molecule has 1 N–H and O–H groups in total. The van der Waals surface area contributed by atoms with Crippen LogP contribution in [-0.2, 0) is 14.9 Å². The van der Waals surface area contributed by atoms with Gasteiger partial charge in [0.15, 0.2) is 0 Å². The lowest BCUT2D eigenvalue weighted by Gasteiger charge is -2.19. The summed E-state index contributed by atoms with van der Waals surface area (Å²) in [6, 6.07) is 15.5. The monoisotopic (exact) mass is 408 g/mol. The van der Waals surface area contributed by atoms with E-state index >= 15 is 0 Å². The highest BCUT2D eigenvalue weighted by molar-refractivity contribution is 7.85.